The quantitative estimate of drug-likeness (QED) is 0.694. The minimum Gasteiger partial charge on any atom is -0.396 e. The molecule has 4 nitrogen and oxygen atoms in total. The van der Waals surface area contributed by atoms with Crippen LogP contribution in [0.4, 0.5) is 0 Å². The molecule has 130 valence electrons. The Morgan fingerprint density at radius 3 is 2.56 bits per heavy atom. The maximum atomic E-state index is 9.47. The Morgan fingerprint density at radius 2 is 1.92 bits per heavy atom. The lowest BCUT2D eigenvalue weighted by molar-refractivity contribution is 0.294. The van der Waals surface area contributed by atoms with Gasteiger partial charge in [0.1, 0.15) is 10.9 Å². The van der Waals surface area contributed by atoms with E-state index in [1.165, 1.54) is 4.90 Å². The summed E-state index contributed by atoms with van der Waals surface area (Å²) in [4.78, 5) is 10.3. The van der Waals surface area contributed by atoms with E-state index in [9.17, 15) is 5.11 Å². The van der Waals surface area contributed by atoms with Gasteiger partial charge in [0.25, 0.3) is 0 Å². The largest absolute Gasteiger partial charge is 0.396 e. The molecule has 0 aliphatic carbocycles. The molecular weight excluding hydrogens is 330 g/mol. The summed E-state index contributed by atoms with van der Waals surface area (Å²) in [6, 6.07) is 14.4. The third-order valence-electron chi connectivity index (χ3n) is 3.93. The molecule has 0 spiro atoms. The van der Waals surface area contributed by atoms with Crippen molar-refractivity contribution < 1.29 is 5.11 Å². The van der Waals surface area contributed by atoms with Crippen molar-refractivity contribution in [1.29, 1.82) is 0 Å². The molecular formula is C20H23N3OS. The van der Waals surface area contributed by atoms with Crippen LogP contribution in [0.2, 0.25) is 0 Å². The number of aliphatic hydroxyl groups is 1. The average Bonchev–Trinajstić information content (AvgIpc) is 2.95. The highest BCUT2D eigenvalue weighted by Crippen LogP contribution is 2.35. The van der Waals surface area contributed by atoms with Gasteiger partial charge in [0.05, 0.1) is 18.8 Å². The van der Waals surface area contributed by atoms with Crippen molar-refractivity contribution in [3.05, 3.63) is 71.9 Å². The first-order valence-electron chi connectivity index (χ1n) is 8.51. The highest BCUT2D eigenvalue weighted by atomic mass is 32.2. The summed E-state index contributed by atoms with van der Waals surface area (Å²) in [6.45, 7) is 5.12. The lowest BCUT2D eigenvalue weighted by Gasteiger charge is -2.13. The van der Waals surface area contributed by atoms with Crippen LogP contribution < -0.4 is 0 Å². The number of rotatable bonds is 7. The third-order valence-corrected chi connectivity index (χ3v) is 5.06. The van der Waals surface area contributed by atoms with E-state index in [2.05, 4.69) is 41.6 Å². The number of hydrogen-bond donors (Lipinski definition) is 1. The molecule has 2 aromatic heterocycles. The molecule has 0 saturated carbocycles. The number of imidazole rings is 1. The fourth-order valence-electron chi connectivity index (χ4n) is 2.71. The van der Waals surface area contributed by atoms with Crippen molar-refractivity contribution in [3.63, 3.8) is 0 Å². The lowest BCUT2D eigenvalue weighted by atomic mass is 10.1. The van der Waals surface area contributed by atoms with E-state index in [-0.39, 0.29) is 6.61 Å². The van der Waals surface area contributed by atoms with Gasteiger partial charge in [-0.1, -0.05) is 49.9 Å². The van der Waals surface area contributed by atoms with Crippen molar-refractivity contribution in [2.24, 2.45) is 0 Å². The first kappa shape index (κ1) is 17.7. The van der Waals surface area contributed by atoms with Crippen LogP contribution in [-0.2, 0) is 13.0 Å². The zero-order valence-corrected chi connectivity index (χ0v) is 15.4. The van der Waals surface area contributed by atoms with E-state index in [4.69, 9.17) is 4.98 Å². The minimum atomic E-state index is 0.0943. The Labute approximate surface area is 153 Å². The zero-order chi connectivity index (χ0) is 17.6. The first-order chi connectivity index (χ1) is 12.2. The molecule has 0 unspecified atom stereocenters. The molecule has 5 heteroatoms. The van der Waals surface area contributed by atoms with E-state index < -0.39 is 0 Å². The Morgan fingerprint density at radius 1 is 1.12 bits per heavy atom. The molecule has 0 saturated heterocycles. The second-order valence-corrected chi connectivity index (χ2v) is 7.27. The summed E-state index contributed by atoms with van der Waals surface area (Å²) >= 11 is 1.73. The molecule has 1 aromatic carbocycles. The van der Waals surface area contributed by atoms with Crippen molar-refractivity contribution >= 4 is 11.8 Å². The first-order valence-corrected chi connectivity index (χ1v) is 9.32. The van der Waals surface area contributed by atoms with Gasteiger partial charge in [-0.15, -0.1) is 0 Å². The van der Waals surface area contributed by atoms with Crippen LogP contribution in [0, 0.1) is 0 Å². The van der Waals surface area contributed by atoms with Crippen LogP contribution >= 0.6 is 11.8 Å². The Balaban J connectivity index is 2.05. The summed E-state index contributed by atoms with van der Waals surface area (Å²) < 4.78 is 2.22. The smallest absolute Gasteiger partial charge is 0.112 e. The van der Waals surface area contributed by atoms with Crippen molar-refractivity contribution in [1.82, 2.24) is 14.5 Å². The molecule has 0 aliphatic heterocycles. The van der Waals surface area contributed by atoms with E-state index in [1.54, 1.807) is 18.0 Å². The van der Waals surface area contributed by atoms with Crippen LogP contribution in [0.15, 0.2) is 64.8 Å². The molecule has 3 rings (SSSR count). The maximum absolute atomic E-state index is 9.47. The Bertz CT molecular complexity index is 801. The predicted molar refractivity (Wildman–Crippen MR) is 101 cm³/mol. The van der Waals surface area contributed by atoms with Crippen LogP contribution in [0.25, 0.3) is 0 Å². The van der Waals surface area contributed by atoms with Gasteiger partial charge in [0.15, 0.2) is 0 Å². The summed E-state index contributed by atoms with van der Waals surface area (Å²) in [5, 5.41) is 10.6. The van der Waals surface area contributed by atoms with Gasteiger partial charge in [-0.2, -0.15) is 0 Å². The van der Waals surface area contributed by atoms with E-state index in [0.29, 0.717) is 18.9 Å². The van der Waals surface area contributed by atoms with Gasteiger partial charge in [-0.3, -0.25) is 4.98 Å². The second kappa shape index (κ2) is 8.32. The number of nitrogens with zero attached hydrogens (tertiary/aromatic N) is 3. The summed E-state index contributed by atoms with van der Waals surface area (Å²) in [6.07, 6.45) is 4.22. The molecule has 2 heterocycles. The molecule has 0 fully saturated rings. The standard InChI is InChI=1S/C20H23N3OS/c1-15(2)19-20(25-17-8-4-3-5-9-17)23(18(22-19)10-12-24)14-16-7-6-11-21-13-16/h3-9,11,13,15,24H,10,12,14H2,1-2H3. The fourth-order valence-corrected chi connectivity index (χ4v) is 3.90. The Kier molecular flexibility index (Phi) is 5.89. The molecule has 0 radical (unpaired) electrons. The van der Waals surface area contributed by atoms with E-state index >= 15 is 0 Å². The summed E-state index contributed by atoms with van der Waals surface area (Å²) in [7, 11) is 0. The summed E-state index contributed by atoms with van der Waals surface area (Å²) in [5.41, 5.74) is 2.21. The van der Waals surface area contributed by atoms with Crippen LogP contribution in [0.1, 0.15) is 36.8 Å². The SMILES string of the molecule is CC(C)c1nc(CCO)n(Cc2cccnc2)c1Sc1ccccc1. The van der Waals surface area contributed by atoms with Gasteiger partial charge in [0.2, 0.25) is 0 Å². The van der Waals surface area contributed by atoms with Gasteiger partial charge < -0.3 is 9.67 Å². The highest BCUT2D eigenvalue weighted by molar-refractivity contribution is 7.99. The number of aliphatic hydroxyl groups excluding tert-OH is 1. The minimum absolute atomic E-state index is 0.0943. The van der Waals surface area contributed by atoms with Crippen LogP contribution in [0.5, 0.6) is 0 Å². The van der Waals surface area contributed by atoms with E-state index in [0.717, 1.165) is 22.1 Å². The maximum Gasteiger partial charge on any atom is 0.112 e. The predicted octanol–water partition coefficient (Wildman–Crippen LogP) is 4.14. The highest BCUT2D eigenvalue weighted by Gasteiger charge is 2.20. The lowest BCUT2D eigenvalue weighted by Crippen LogP contribution is -2.08. The second-order valence-electron chi connectivity index (χ2n) is 6.21. The number of aromatic nitrogens is 3. The molecule has 0 aliphatic rings. The molecule has 0 amide bonds. The average molecular weight is 353 g/mol. The van der Waals surface area contributed by atoms with Crippen molar-refractivity contribution in [2.75, 3.05) is 6.61 Å². The fraction of sp³-hybridized carbons (Fsp3) is 0.300. The molecule has 3 aromatic rings. The third kappa shape index (κ3) is 4.30. The topological polar surface area (TPSA) is 50.9 Å². The normalized spacial score (nSPS) is 11.2. The van der Waals surface area contributed by atoms with Crippen LogP contribution in [0.3, 0.4) is 0 Å². The van der Waals surface area contributed by atoms with Crippen LogP contribution in [-0.4, -0.2) is 26.2 Å². The van der Waals surface area contributed by atoms with Gasteiger partial charge >= 0.3 is 0 Å². The van der Waals surface area contributed by atoms with E-state index in [1.807, 2.05) is 30.5 Å². The Hall–Kier alpha value is -2.11. The zero-order valence-electron chi connectivity index (χ0n) is 14.6. The molecule has 1 N–H and O–H groups in total. The van der Waals surface area contributed by atoms with Gasteiger partial charge in [-0.05, 0) is 29.7 Å². The van der Waals surface area contributed by atoms with Gasteiger partial charge in [-0.25, -0.2) is 4.98 Å². The monoisotopic (exact) mass is 353 g/mol. The van der Waals surface area contributed by atoms with Gasteiger partial charge in [0, 0.05) is 23.7 Å². The summed E-state index contributed by atoms with van der Waals surface area (Å²) in [5.74, 6) is 1.24. The van der Waals surface area contributed by atoms with Crippen molar-refractivity contribution in [2.45, 2.75) is 42.7 Å². The molecule has 0 atom stereocenters. The molecule has 25 heavy (non-hydrogen) atoms. The number of hydrogen-bond acceptors (Lipinski definition) is 4. The van der Waals surface area contributed by atoms with Crippen molar-refractivity contribution in [3.8, 4) is 0 Å². The number of benzene rings is 1. The molecule has 0 bridgehead atoms. The number of pyridine rings is 1.